The Labute approximate surface area is 149 Å². The van der Waals surface area contributed by atoms with Crippen LogP contribution in [-0.4, -0.2) is 21.6 Å². The number of halogens is 2. The van der Waals surface area contributed by atoms with E-state index in [0.717, 1.165) is 0 Å². The fraction of sp³-hybridized carbons (Fsp3) is 0.188. The minimum absolute atomic E-state index is 0.0258. The number of hydrogen-bond donors (Lipinski definition) is 2. The molecular weight excluding hydrogens is 397 g/mol. The highest BCUT2D eigenvalue weighted by molar-refractivity contribution is 9.10. The van der Waals surface area contributed by atoms with Gasteiger partial charge in [0.2, 0.25) is 5.91 Å². The summed E-state index contributed by atoms with van der Waals surface area (Å²) in [6.07, 6.45) is 5.17. The van der Waals surface area contributed by atoms with E-state index in [0.29, 0.717) is 15.4 Å². The van der Waals surface area contributed by atoms with E-state index in [9.17, 15) is 14.0 Å². The van der Waals surface area contributed by atoms with Gasteiger partial charge in [-0.05, 0) is 23.8 Å². The molecule has 24 heavy (non-hydrogen) atoms. The summed E-state index contributed by atoms with van der Waals surface area (Å²) < 4.78 is 14.9. The summed E-state index contributed by atoms with van der Waals surface area (Å²) in [6.45, 7) is 0. The third-order valence-corrected chi connectivity index (χ3v) is 4.83. The fourth-order valence-corrected chi connectivity index (χ4v) is 3.50. The van der Waals surface area contributed by atoms with Gasteiger partial charge in [0.15, 0.2) is 5.16 Å². The maximum Gasteiger partial charge on any atom is 0.257 e. The summed E-state index contributed by atoms with van der Waals surface area (Å²) in [7, 11) is 0. The van der Waals surface area contributed by atoms with Crippen LogP contribution in [0.1, 0.15) is 23.5 Å². The predicted molar refractivity (Wildman–Crippen MR) is 93.6 cm³/mol. The Kier molecular flexibility index (Phi) is 4.73. The molecule has 2 aromatic rings. The average molecular weight is 408 g/mol. The third-order valence-electron chi connectivity index (χ3n) is 3.56. The number of amides is 1. The normalized spacial score (nSPS) is 16.2. The predicted octanol–water partition coefficient (Wildman–Crippen LogP) is 2.87. The largest absolute Gasteiger partial charge is 0.310 e. The van der Waals surface area contributed by atoms with Crippen LogP contribution in [0.4, 0.5) is 10.2 Å². The molecule has 1 aliphatic rings. The number of rotatable bonds is 3. The summed E-state index contributed by atoms with van der Waals surface area (Å²) in [5, 5.41) is 2.89. The highest BCUT2D eigenvalue weighted by Gasteiger charge is 2.32. The number of aromatic nitrogens is 2. The minimum Gasteiger partial charge on any atom is -0.310 e. The van der Waals surface area contributed by atoms with E-state index in [-0.39, 0.29) is 29.3 Å². The van der Waals surface area contributed by atoms with Crippen LogP contribution >= 0.6 is 27.7 Å². The number of anilines is 1. The van der Waals surface area contributed by atoms with E-state index in [4.69, 9.17) is 6.42 Å². The Morgan fingerprint density at radius 1 is 1.46 bits per heavy atom. The zero-order chi connectivity index (χ0) is 17.3. The molecule has 0 aliphatic carbocycles. The van der Waals surface area contributed by atoms with E-state index < -0.39 is 17.3 Å². The minimum atomic E-state index is -0.700. The first-order valence-electron chi connectivity index (χ1n) is 6.95. The van der Waals surface area contributed by atoms with Gasteiger partial charge in [-0.15, -0.1) is 6.42 Å². The van der Waals surface area contributed by atoms with Crippen LogP contribution in [0.3, 0.4) is 0 Å². The lowest BCUT2D eigenvalue weighted by Gasteiger charge is -2.24. The Morgan fingerprint density at radius 2 is 2.25 bits per heavy atom. The first kappa shape index (κ1) is 16.7. The molecule has 0 bridgehead atoms. The number of hydrogen-bond acceptors (Lipinski definition) is 4. The maximum atomic E-state index is 14.2. The quantitative estimate of drug-likeness (QED) is 0.466. The maximum absolute atomic E-state index is 14.2. The van der Waals surface area contributed by atoms with Gasteiger partial charge in [0.1, 0.15) is 11.6 Å². The van der Waals surface area contributed by atoms with Gasteiger partial charge in [-0.3, -0.25) is 9.59 Å². The van der Waals surface area contributed by atoms with Crippen LogP contribution in [0.25, 0.3) is 0 Å². The first-order valence-corrected chi connectivity index (χ1v) is 8.72. The van der Waals surface area contributed by atoms with Crippen molar-refractivity contribution >= 4 is 39.4 Å². The second-order valence-electron chi connectivity index (χ2n) is 5.10. The highest BCUT2D eigenvalue weighted by atomic mass is 79.9. The fourth-order valence-electron chi connectivity index (χ4n) is 2.58. The topological polar surface area (TPSA) is 74.8 Å². The smallest absolute Gasteiger partial charge is 0.257 e. The number of aromatic amines is 1. The molecule has 8 heteroatoms. The van der Waals surface area contributed by atoms with Crippen molar-refractivity contribution in [3.05, 3.63) is 50.0 Å². The van der Waals surface area contributed by atoms with Gasteiger partial charge in [0, 0.05) is 16.8 Å². The van der Waals surface area contributed by atoms with Crippen LogP contribution in [-0.2, 0) is 4.79 Å². The van der Waals surface area contributed by atoms with Gasteiger partial charge < -0.3 is 10.3 Å². The molecule has 1 aromatic heterocycles. The summed E-state index contributed by atoms with van der Waals surface area (Å²) in [4.78, 5) is 31.4. The van der Waals surface area contributed by atoms with Crippen LogP contribution in [0.2, 0.25) is 0 Å². The molecule has 2 N–H and O–H groups in total. The van der Waals surface area contributed by atoms with Gasteiger partial charge in [0.25, 0.3) is 5.56 Å². The number of nitrogens with one attached hydrogen (secondary N) is 2. The van der Waals surface area contributed by atoms with Gasteiger partial charge in [0.05, 0.1) is 11.3 Å². The second kappa shape index (κ2) is 6.79. The van der Waals surface area contributed by atoms with Crippen LogP contribution in [0, 0.1) is 18.2 Å². The van der Waals surface area contributed by atoms with Crippen LogP contribution in [0.15, 0.2) is 32.6 Å². The molecule has 1 atom stereocenters. The van der Waals surface area contributed by atoms with Crippen molar-refractivity contribution in [3.8, 4) is 12.3 Å². The van der Waals surface area contributed by atoms with E-state index in [2.05, 4.69) is 37.1 Å². The van der Waals surface area contributed by atoms with Crippen molar-refractivity contribution in [1.29, 1.82) is 0 Å². The molecule has 3 rings (SSSR count). The van der Waals surface area contributed by atoms with Crippen LogP contribution < -0.4 is 10.9 Å². The summed E-state index contributed by atoms with van der Waals surface area (Å²) >= 11 is 4.46. The molecule has 122 valence electrons. The van der Waals surface area contributed by atoms with Crippen LogP contribution in [0.5, 0.6) is 0 Å². The Bertz CT molecular complexity index is 923. The summed E-state index contributed by atoms with van der Waals surface area (Å²) in [5.41, 5.74) is 0.109. The van der Waals surface area contributed by atoms with Gasteiger partial charge in [-0.1, -0.05) is 33.6 Å². The molecular formula is C16H11BrFN3O2S. The Hall–Kier alpha value is -2.11. The van der Waals surface area contributed by atoms with Crippen molar-refractivity contribution in [1.82, 2.24) is 9.97 Å². The zero-order valence-corrected chi connectivity index (χ0v) is 14.6. The zero-order valence-electron chi connectivity index (χ0n) is 12.2. The first-order chi connectivity index (χ1) is 11.5. The molecule has 1 amide bonds. The number of carbonyl (C=O) groups excluding carboxylic acids is 1. The third kappa shape index (κ3) is 3.23. The van der Waals surface area contributed by atoms with E-state index in [1.54, 1.807) is 12.1 Å². The molecule has 1 aliphatic heterocycles. The number of terminal acetylenes is 1. The number of carbonyl (C=O) groups is 1. The molecule has 0 saturated carbocycles. The lowest BCUT2D eigenvalue weighted by molar-refractivity contribution is -0.116. The van der Waals surface area contributed by atoms with Crippen molar-refractivity contribution in [2.75, 3.05) is 11.1 Å². The van der Waals surface area contributed by atoms with Crippen molar-refractivity contribution in [2.45, 2.75) is 17.5 Å². The molecule has 5 nitrogen and oxygen atoms in total. The molecule has 0 fully saturated rings. The SMILES string of the molecule is C#CCSc1nc2c(c(=O)[nH]1)[C@@H](c1cc(Br)ccc1F)CC(=O)N2. The monoisotopic (exact) mass is 407 g/mol. The molecule has 0 unspecified atom stereocenters. The Morgan fingerprint density at radius 3 is 3.00 bits per heavy atom. The number of fused-ring (bicyclic) bond motifs is 1. The van der Waals surface area contributed by atoms with Crippen molar-refractivity contribution < 1.29 is 9.18 Å². The van der Waals surface area contributed by atoms with Gasteiger partial charge in [-0.25, -0.2) is 9.37 Å². The van der Waals surface area contributed by atoms with Crippen molar-refractivity contribution in [3.63, 3.8) is 0 Å². The number of nitrogens with zero attached hydrogens (tertiary/aromatic N) is 1. The van der Waals surface area contributed by atoms with E-state index in [1.165, 1.54) is 17.8 Å². The number of benzene rings is 1. The lowest BCUT2D eigenvalue weighted by atomic mass is 9.86. The molecule has 1 aromatic carbocycles. The number of H-pyrrole nitrogens is 1. The molecule has 0 saturated heterocycles. The summed E-state index contributed by atoms with van der Waals surface area (Å²) in [6, 6.07) is 4.43. The van der Waals surface area contributed by atoms with E-state index in [1.807, 2.05) is 0 Å². The Balaban J connectivity index is 2.13. The molecule has 0 radical (unpaired) electrons. The van der Waals surface area contributed by atoms with Gasteiger partial charge >= 0.3 is 0 Å². The van der Waals surface area contributed by atoms with Crippen molar-refractivity contribution in [2.24, 2.45) is 0 Å². The second-order valence-corrected chi connectivity index (χ2v) is 6.98. The molecule has 2 heterocycles. The molecule has 0 spiro atoms. The standard InChI is InChI=1S/C16H11BrFN3O2S/c1-2-5-24-16-20-14-13(15(23)21-16)10(7-12(22)19-14)9-6-8(17)3-4-11(9)18/h1,3-4,6,10H,5,7H2,(H2,19,20,21,22,23)/t10-/m1/s1. The highest BCUT2D eigenvalue weighted by Crippen LogP contribution is 2.36. The lowest BCUT2D eigenvalue weighted by Crippen LogP contribution is -2.31. The number of thioether (sulfide) groups is 1. The summed E-state index contributed by atoms with van der Waals surface area (Å²) in [5.74, 6) is 1.42. The van der Waals surface area contributed by atoms with Gasteiger partial charge in [-0.2, -0.15) is 0 Å². The van der Waals surface area contributed by atoms with E-state index >= 15 is 0 Å². The average Bonchev–Trinajstić information content (AvgIpc) is 2.54.